The van der Waals surface area contributed by atoms with Crippen molar-refractivity contribution in [2.24, 2.45) is 11.1 Å². The molecule has 6 heteroatoms. The van der Waals surface area contributed by atoms with Gasteiger partial charge in [-0.15, -0.1) is 0 Å². The van der Waals surface area contributed by atoms with E-state index in [4.69, 9.17) is 5.73 Å². The third-order valence-electron chi connectivity index (χ3n) is 5.06. The van der Waals surface area contributed by atoms with E-state index in [2.05, 4.69) is 18.7 Å². The summed E-state index contributed by atoms with van der Waals surface area (Å²) in [5, 5.41) is 0. The molecule has 118 valence electrons. The molecule has 0 spiro atoms. The van der Waals surface area contributed by atoms with Gasteiger partial charge in [0, 0.05) is 38.3 Å². The summed E-state index contributed by atoms with van der Waals surface area (Å²) in [5.74, 6) is 0. The van der Waals surface area contributed by atoms with Gasteiger partial charge in [0.25, 0.3) is 0 Å². The van der Waals surface area contributed by atoms with Crippen LogP contribution in [-0.2, 0) is 10.0 Å². The van der Waals surface area contributed by atoms with E-state index in [0.717, 1.165) is 25.9 Å². The van der Waals surface area contributed by atoms with E-state index >= 15 is 0 Å². The molecule has 1 aliphatic carbocycles. The minimum Gasteiger partial charge on any atom is -0.329 e. The fraction of sp³-hybridized carbons (Fsp3) is 1.00. The minimum absolute atomic E-state index is 0.0747. The zero-order valence-electron chi connectivity index (χ0n) is 13.1. The highest BCUT2D eigenvalue weighted by Crippen LogP contribution is 2.43. The Labute approximate surface area is 123 Å². The average Bonchev–Trinajstić information content (AvgIpc) is 2.36. The van der Waals surface area contributed by atoms with Crippen LogP contribution in [-0.4, -0.2) is 62.1 Å². The third-order valence-corrected chi connectivity index (χ3v) is 6.36. The second-order valence-corrected chi connectivity index (χ2v) is 9.25. The predicted molar refractivity (Wildman–Crippen MR) is 82.0 cm³/mol. The maximum Gasteiger partial charge on any atom is 0.211 e. The van der Waals surface area contributed by atoms with Crippen LogP contribution in [0.3, 0.4) is 0 Å². The molecule has 0 aromatic carbocycles. The van der Waals surface area contributed by atoms with Gasteiger partial charge in [-0.3, -0.25) is 4.90 Å². The van der Waals surface area contributed by atoms with Gasteiger partial charge in [-0.1, -0.05) is 20.3 Å². The summed E-state index contributed by atoms with van der Waals surface area (Å²) in [5.41, 5.74) is 6.55. The molecular weight excluding hydrogens is 274 g/mol. The average molecular weight is 303 g/mol. The molecule has 2 aliphatic rings. The maximum atomic E-state index is 11.6. The first-order chi connectivity index (χ1) is 9.19. The van der Waals surface area contributed by atoms with Crippen molar-refractivity contribution in [2.45, 2.75) is 45.1 Å². The summed E-state index contributed by atoms with van der Waals surface area (Å²) < 4.78 is 24.8. The molecule has 0 aromatic rings. The highest BCUT2D eigenvalue weighted by atomic mass is 32.2. The van der Waals surface area contributed by atoms with E-state index in [9.17, 15) is 8.42 Å². The second kappa shape index (κ2) is 5.55. The van der Waals surface area contributed by atoms with Crippen molar-refractivity contribution in [3.8, 4) is 0 Å². The van der Waals surface area contributed by atoms with Crippen molar-refractivity contribution >= 4 is 10.0 Å². The van der Waals surface area contributed by atoms with Gasteiger partial charge < -0.3 is 5.73 Å². The fourth-order valence-corrected chi connectivity index (χ4v) is 4.86. The van der Waals surface area contributed by atoms with Crippen LogP contribution in [0.5, 0.6) is 0 Å². The Hall–Kier alpha value is -0.170. The number of nitrogens with two attached hydrogens (primary N) is 1. The molecule has 2 rings (SSSR count). The summed E-state index contributed by atoms with van der Waals surface area (Å²) >= 11 is 0. The molecule has 1 atom stereocenters. The summed E-state index contributed by atoms with van der Waals surface area (Å²) in [6.45, 7) is 8.13. The highest BCUT2D eigenvalue weighted by Gasteiger charge is 2.44. The highest BCUT2D eigenvalue weighted by molar-refractivity contribution is 7.88. The standard InChI is InChI=1S/C14H29N3O2S/c1-13(2)5-4-6-14(11-13,12-15)16-7-9-17(10-8-16)20(3,18)19/h4-12,15H2,1-3H3. The molecule has 0 radical (unpaired) electrons. The first-order valence-electron chi connectivity index (χ1n) is 7.59. The lowest BCUT2D eigenvalue weighted by atomic mass is 9.67. The first kappa shape index (κ1) is 16.2. The minimum atomic E-state index is -3.05. The Morgan fingerprint density at radius 2 is 1.70 bits per heavy atom. The van der Waals surface area contributed by atoms with Gasteiger partial charge in [0.15, 0.2) is 0 Å². The van der Waals surface area contributed by atoms with Crippen molar-refractivity contribution < 1.29 is 8.42 Å². The fourth-order valence-electron chi connectivity index (χ4n) is 4.03. The van der Waals surface area contributed by atoms with E-state index in [-0.39, 0.29) is 5.54 Å². The van der Waals surface area contributed by atoms with Gasteiger partial charge in [-0.2, -0.15) is 4.31 Å². The van der Waals surface area contributed by atoms with Crippen molar-refractivity contribution in [1.29, 1.82) is 0 Å². The van der Waals surface area contributed by atoms with Crippen LogP contribution in [0.1, 0.15) is 39.5 Å². The van der Waals surface area contributed by atoms with E-state index in [1.165, 1.54) is 19.1 Å². The number of rotatable bonds is 3. The third kappa shape index (κ3) is 3.35. The summed E-state index contributed by atoms with van der Waals surface area (Å²) in [6, 6.07) is 0. The van der Waals surface area contributed by atoms with E-state index < -0.39 is 10.0 Å². The number of piperazine rings is 1. The Morgan fingerprint density at radius 1 is 1.10 bits per heavy atom. The van der Waals surface area contributed by atoms with Crippen LogP contribution in [0.15, 0.2) is 0 Å². The van der Waals surface area contributed by atoms with Crippen molar-refractivity contribution in [2.75, 3.05) is 39.0 Å². The molecule has 20 heavy (non-hydrogen) atoms. The summed E-state index contributed by atoms with van der Waals surface area (Å²) in [6.07, 6.45) is 6.04. The van der Waals surface area contributed by atoms with Crippen LogP contribution < -0.4 is 5.73 Å². The topological polar surface area (TPSA) is 66.6 Å². The van der Waals surface area contributed by atoms with Gasteiger partial charge in [0.1, 0.15) is 0 Å². The van der Waals surface area contributed by atoms with Gasteiger partial charge in [0.05, 0.1) is 6.26 Å². The van der Waals surface area contributed by atoms with Crippen LogP contribution in [0.2, 0.25) is 0 Å². The Bertz CT molecular complexity index is 441. The predicted octanol–water partition coefficient (Wildman–Crippen LogP) is 0.861. The van der Waals surface area contributed by atoms with Crippen LogP contribution in [0, 0.1) is 5.41 Å². The number of nitrogens with zero attached hydrogens (tertiary/aromatic N) is 2. The van der Waals surface area contributed by atoms with E-state index in [1.807, 2.05) is 0 Å². The molecular formula is C14H29N3O2S. The Morgan fingerprint density at radius 3 is 2.15 bits per heavy atom. The molecule has 5 nitrogen and oxygen atoms in total. The molecule has 1 unspecified atom stereocenters. The second-order valence-electron chi connectivity index (χ2n) is 7.27. The largest absolute Gasteiger partial charge is 0.329 e. The number of hydrogen-bond donors (Lipinski definition) is 1. The van der Waals surface area contributed by atoms with Crippen LogP contribution in [0.25, 0.3) is 0 Å². The smallest absolute Gasteiger partial charge is 0.211 e. The lowest BCUT2D eigenvalue weighted by molar-refractivity contribution is -0.00756. The quantitative estimate of drug-likeness (QED) is 0.840. The maximum absolute atomic E-state index is 11.6. The normalized spacial score (nSPS) is 33.2. The summed E-state index contributed by atoms with van der Waals surface area (Å²) in [4.78, 5) is 2.45. The molecule has 1 heterocycles. The lowest BCUT2D eigenvalue weighted by Crippen LogP contribution is -2.62. The molecule has 1 saturated heterocycles. The monoisotopic (exact) mass is 303 g/mol. The number of sulfonamides is 1. The van der Waals surface area contributed by atoms with Crippen molar-refractivity contribution in [3.05, 3.63) is 0 Å². The number of hydrogen-bond acceptors (Lipinski definition) is 4. The molecule has 2 fully saturated rings. The zero-order chi connectivity index (χ0) is 15.0. The molecule has 0 aromatic heterocycles. The Balaban J connectivity index is 2.07. The van der Waals surface area contributed by atoms with E-state index in [0.29, 0.717) is 25.0 Å². The van der Waals surface area contributed by atoms with Crippen LogP contribution in [0.4, 0.5) is 0 Å². The van der Waals surface area contributed by atoms with E-state index in [1.54, 1.807) is 4.31 Å². The van der Waals surface area contributed by atoms with Crippen molar-refractivity contribution in [3.63, 3.8) is 0 Å². The van der Waals surface area contributed by atoms with Gasteiger partial charge >= 0.3 is 0 Å². The molecule has 0 amide bonds. The van der Waals surface area contributed by atoms with Gasteiger partial charge in [-0.05, 0) is 24.7 Å². The van der Waals surface area contributed by atoms with Gasteiger partial charge in [-0.25, -0.2) is 8.42 Å². The Kier molecular flexibility index (Phi) is 4.50. The molecule has 0 bridgehead atoms. The SMILES string of the molecule is CC1(C)CCCC(CN)(N2CCN(S(C)(=O)=O)CC2)C1. The molecule has 1 aliphatic heterocycles. The summed E-state index contributed by atoms with van der Waals surface area (Å²) in [7, 11) is -3.05. The first-order valence-corrected chi connectivity index (χ1v) is 9.44. The lowest BCUT2D eigenvalue weighted by Gasteiger charge is -2.53. The zero-order valence-corrected chi connectivity index (χ0v) is 13.9. The van der Waals surface area contributed by atoms with Crippen molar-refractivity contribution in [1.82, 2.24) is 9.21 Å². The molecule has 1 saturated carbocycles. The van der Waals surface area contributed by atoms with Gasteiger partial charge in [0.2, 0.25) is 10.0 Å². The molecule has 2 N–H and O–H groups in total. The van der Waals surface area contributed by atoms with Crippen LogP contribution >= 0.6 is 0 Å².